The first-order valence-corrected chi connectivity index (χ1v) is 9.12. The van der Waals surface area contributed by atoms with Gasteiger partial charge in [0.2, 0.25) is 0 Å². The molecule has 0 aliphatic carbocycles. The fourth-order valence-electron chi connectivity index (χ4n) is 3.24. The minimum Gasteiger partial charge on any atom is -0.494 e. The van der Waals surface area contributed by atoms with Gasteiger partial charge < -0.3 is 10.1 Å². The number of methoxy groups -OCH3 is 1. The number of fused-ring (bicyclic) bond motifs is 1. The van der Waals surface area contributed by atoms with Crippen LogP contribution in [0.4, 0.5) is 5.69 Å². The molecule has 29 heavy (non-hydrogen) atoms. The summed E-state index contributed by atoms with van der Waals surface area (Å²) in [6.07, 6.45) is 0. The van der Waals surface area contributed by atoms with Crippen LogP contribution in [-0.2, 0) is 0 Å². The number of aryl methyl sites for hydroxylation is 1. The van der Waals surface area contributed by atoms with E-state index in [1.807, 2.05) is 67.6 Å². The van der Waals surface area contributed by atoms with Crippen molar-refractivity contribution in [3.63, 3.8) is 0 Å². The molecule has 1 amide bonds. The number of carbonyl (C=O) groups excluding carboxylic acids is 1. The Bertz CT molecular complexity index is 1270. The number of hydrogen-bond acceptors (Lipinski definition) is 4. The standard InChI is InChI=1S/C23H19N3O3/c1-15-8-3-6-13-19(15)26-21(27)14-20(29-2)22(25-26)23(28)24-18-12-7-10-16-9-4-5-11-17(16)18/h3-14H,1-2H3,(H,24,28). The molecule has 0 saturated heterocycles. The molecule has 0 bridgehead atoms. The van der Waals surface area contributed by atoms with Gasteiger partial charge in [0.1, 0.15) is 0 Å². The molecular formula is C23H19N3O3. The Morgan fingerprint density at radius 2 is 1.72 bits per heavy atom. The summed E-state index contributed by atoms with van der Waals surface area (Å²) >= 11 is 0. The van der Waals surface area contributed by atoms with Gasteiger partial charge in [0, 0.05) is 11.1 Å². The Balaban J connectivity index is 1.79. The van der Waals surface area contributed by atoms with Crippen LogP contribution in [0.25, 0.3) is 16.5 Å². The second-order valence-electron chi connectivity index (χ2n) is 6.58. The van der Waals surface area contributed by atoms with Crippen molar-refractivity contribution in [1.29, 1.82) is 0 Å². The van der Waals surface area contributed by atoms with Crippen LogP contribution in [0.5, 0.6) is 5.75 Å². The number of nitrogens with one attached hydrogen (secondary N) is 1. The van der Waals surface area contributed by atoms with Gasteiger partial charge in [-0.15, -0.1) is 0 Å². The van der Waals surface area contributed by atoms with Crippen LogP contribution in [0, 0.1) is 6.92 Å². The molecule has 0 spiro atoms. The van der Waals surface area contributed by atoms with E-state index in [1.165, 1.54) is 17.9 Å². The van der Waals surface area contributed by atoms with Crippen molar-refractivity contribution in [2.75, 3.05) is 12.4 Å². The molecule has 1 heterocycles. The third-order valence-corrected chi connectivity index (χ3v) is 4.71. The summed E-state index contributed by atoms with van der Waals surface area (Å²) in [6, 6.07) is 22.1. The van der Waals surface area contributed by atoms with E-state index in [-0.39, 0.29) is 17.0 Å². The van der Waals surface area contributed by atoms with Crippen LogP contribution < -0.4 is 15.6 Å². The van der Waals surface area contributed by atoms with Crippen molar-refractivity contribution >= 4 is 22.4 Å². The molecule has 4 rings (SSSR count). The number of rotatable bonds is 4. The van der Waals surface area contributed by atoms with E-state index < -0.39 is 5.91 Å². The van der Waals surface area contributed by atoms with E-state index in [0.29, 0.717) is 11.4 Å². The molecule has 0 saturated carbocycles. The van der Waals surface area contributed by atoms with Gasteiger partial charge in [-0.2, -0.15) is 9.78 Å². The van der Waals surface area contributed by atoms with Crippen LogP contribution >= 0.6 is 0 Å². The van der Waals surface area contributed by atoms with Gasteiger partial charge in [-0.3, -0.25) is 9.59 Å². The van der Waals surface area contributed by atoms with E-state index in [0.717, 1.165) is 16.3 Å². The zero-order valence-electron chi connectivity index (χ0n) is 16.0. The summed E-state index contributed by atoms with van der Waals surface area (Å²) in [6.45, 7) is 1.88. The number of hydrogen-bond donors (Lipinski definition) is 1. The molecule has 4 aromatic rings. The molecule has 0 unspecified atom stereocenters. The second-order valence-corrected chi connectivity index (χ2v) is 6.58. The molecule has 6 nitrogen and oxygen atoms in total. The number of aromatic nitrogens is 2. The molecule has 0 aliphatic rings. The van der Waals surface area contributed by atoms with Gasteiger partial charge in [-0.25, -0.2) is 0 Å². The van der Waals surface area contributed by atoms with Crippen molar-refractivity contribution in [1.82, 2.24) is 9.78 Å². The summed E-state index contributed by atoms with van der Waals surface area (Å²) < 4.78 is 6.48. The van der Waals surface area contributed by atoms with Gasteiger partial charge >= 0.3 is 0 Å². The van der Waals surface area contributed by atoms with Gasteiger partial charge in [0.05, 0.1) is 18.9 Å². The number of benzene rings is 3. The molecule has 0 radical (unpaired) electrons. The fraction of sp³-hybridized carbons (Fsp3) is 0.0870. The minimum absolute atomic E-state index is 0.0308. The summed E-state index contributed by atoms with van der Waals surface area (Å²) in [4.78, 5) is 25.6. The average Bonchev–Trinajstić information content (AvgIpc) is 2.74. The van der Waals surface area contributed by atoms with Crippen molar-refractivity contribution in [3.8, 4) is 11.4 Å². The highest BCUT2D eigenvalue weighted by molar-refractivity contribution is 6.09. The van der Waals surface area contributed by atoms with Crippen LogP contribution in [-0.4, -0.2) is 22.8 Å². The highest BCUT2D eigenvalue weighted by atomic mass is 16.5. The Kier molecular flexibility index (Phi) is 4.83. The topological polar surface area (TPSA) is 73.2 Å². The lowest BCUT2D eigenvalue weighted by atomic mass is 10.1. The van der Waals surface area contributed by atoms with E-state index in [1.54, 1.807) is 6.07 Å². The molecule has 0 aliphatic heterocycles. The van der Waals surface area contributed by atoms with Crippen LogP contribution in [0.1, 0.15) is 16.1 Å². The molecule has 144 valence electrons. The molecular weight excluding hydrogens is 366 g/mol. The second kappa shape index (κ2) is 7.59. The maximum atomic E-state index is 13.0. The number of ether oxygens (including phenoxy) is 1. The molecule has 3 aromatic carbocycles. The monoisotopic (exact) mass is 385 g/mol. The van der Waals surface area contributed by atoms with E-state index in [9.17, 15) is 9.59 Å². The summed E-state index contributed by atoms with van der Waals surface area (Å²) in [5, 5.41) is 9.13. The molecule has 1 aromatic heterocycles. The van der Waals surface area contributed by atoms with Gasteiger partial charge in [0.15, 0.2) is 11.4 Å². The maximum Gasteiger partial charge on any atom is 0.280 e. The Labute approximate surface area is 167 Å². The number of carbonyl (C=O) groups is 1. The third-order valence-electron chi connectivity index (χ3n) is 4.71. The quantitative estimate of drug-likeness (QED) is 0.577. The smallest absolute Gasteiger partial charge is 0.280 e. The number of para-hydroxylation sites is 1. The third kappa shape index (κ3) is 3.48. The molecule has 0 fully saturated rings. The largest absolute Gasteiger partial charge is 0.494 e. The number of amides is 1. The van der Waals surface area contributed by atoms with Crippen molar-refractivity contribution in [2.24, 2.45) is 0 Å². The predicted molar refractivity (Wildman–Crippen MR) is 113 cm³/mol. The summed E-state index contributed by atoms with van der Waals surface area (Å²) in [5.74, 6) is -0.335. The first-order valence-electron chi connectivity index (χ1n) is 9.12. The lowest BCUT2D eigenvalue weighted by molar-refractivity contribution is 0.101. The van der Waals surface area contributed by atoms with Crippen LogP contribution in [0.15, 0.2) is 77.6 Å². The Hall–Kier alpha value is -3.93. The van der Waals surface area contributed by atoms with Crippen molar-refractivity contribution < 1.29 is 9.53 Å². The van der Waals surface area contributed by atoms with Crippen LogP contribution in [0.3, 0.4) is 0 Å². The number of anilines is 1. The fourth-order valence-corrected chi connectivity index (χ4v) is 3.24. The molecule has 1 N–H and O–H groups in total. The first-order chi connectivity index (χ1) is 14.1. The molecule has 0 atom stereocenters. The SMILES string of the molecule is COc1cc(=O)n(-c2ccccc2C)nc1C(=O)Nc1cccc2ccccc12. The van der Waals surface area contributed by atoms with Gasteiger partial charge in [-0.05, 0) is 30.0 Å². The zero-order valence-corrected chi connectivity index (χ0v) is 16.0. The van der Waals surface area contributed by atoms with Crippen molar-refractivity contribution in [3.05, 3.63) is 94.4 Å². The first kappa shape index (κ1) is 18.4. The lowest BCUT2D eigenvalue weighted by Gasteiger charge is -2.13. The maximum absolute atomic E-state index is 13.0. The highest BCUT2D eigenvalue weighted by Crippen LogP contribution is 2.24. The average molecular weight is 385 g/mol. The van der Waals surface area contributed by atoms with Gasteiger partial charge in [0.25, 0.3) is 11.5 Å². The van der Waals surface area contributed by atoms with E-state index in [2.05, 4.69) is 10.4 Å². The van der Waals surface area contributed by atoms with Crippen molar-refractivity contribution in [2.45, 2.75) is 6.92 Å². The van der Waals surface area contributed by atoms with Gasteiger partial charge in [-0.1, -0.05) is 54.6 Å². The summed E-state index contributed by atoms with van der Waals surface area (Å²) in [5.41, 5.74) is 1.79. The zero-order chi connectivity index (χ0) is 20.4. The van der Waals surface area contributed by atoms with E-state index >= 15 is 0 Å². The highest BCUT2D eigenvalue weighted by Gasteiger charge is 2.19. The van der Waals surface area contributed by atoms with E-state index in [4.69, 9.17) is 4.74 Å². The summed E-state index contributed by atoms with van der Waals surface area (Å²) in [7, 11) is 1.41. The Morgan fingerprint density at radius 3 is 2.52 bits per heavy atom. The number of nitrogens with zero attached hydrogens (tertiary/aromatic N) is 2. The Morgan fingerprint density at radius 1 is 1.00 bits per heavy atom. The lowest BCUT2D eigenvalue weighted by Crippen LogP contribution is -2.26. The minimum atomic E-state index is -0.458. The molecule has 6 heteroatoms. The van der Waals surface area contributed by atoms with Crippen LogP contribution in [0.2, 0.25) is 0 Å². The normalized spacial score (nSPS) is 10.7. The predicted octanol–water partition coefficient (Wildman–Crippen LogP) is 3.96.